The maximum Gasteiger partial charge on any atom is 0.324 e. The first-order valence-electron chi connectivity index (χ1n) is 19.9. The summed E-state index contributed by atoms with van der Waals surface area (Å²) in [6.45, 7) is 14.5. The molecule has 3 aromatic rings. The smallest absolute Gasteiger partial charge is 0.324 e. The molecule has 2 N–H and O–H groups in total. The number of pyridine rings is 1. The minimum absolute atomic E-state index is 0.101. The number of thioether (sulfide) groups is 1. The van der Waals surface area contributed by atoms with Gasteiger partial charge in [0.05, 0.1) is 54.4 Å². The first-order valence-corrected chi connectivity index (χ1v) is 20.7. The van der Waals surface area contributed by atoms with Gasteiger partial charge >= 0.3 is 5.97 Å². The summed E-state index contributed by atoms with van der Waals surface area (Å²) in [5, 5.41) is 6.70. The molecular formula is C42H54N6O6S. The van der Waals surface area contributed by atoms with E-state index in [-0.39, 0.29) is 72.0 Å². The van der Waals surface area contributed by atoms with E-state index in [1.165, 1.54) is 5.01 Å². The first kappa shape index (κ1) is 38.1. The molecule has 294 valence electrons. The standard InChI is InChI=1S/C42H54N6O6S/c1-22-23(2)35(22)39(49)44-32-17-34-45-37(25(4)55-34)26-12-13-33-29(16-26)30(18-42(5,6)21-54-41(51)31-11-9-15-47(46-31)40(32)50)38(48(33)27-19-53-20-27)28-10-8-14-43-36(28)24(3)52-7/h8,10,12-14,16,22-25,27,31-32,35,37,46H,9,11,15,17-21H2,1-7H3,(H,44,49)/t22-,23+,24-,25?,31-,32-,35+,37?/m0/s1. The number of ether oxygens (including phenoxy) is 3. The number of amides is 2. The van der Waals surface area contributed by atoms with Gasteiger partial charge in [0, 0.05) is 59.3 Å². The van der Waals surface area contributed by atoms with Gasteiger partial charge in [0.25, 0.3) is 5.91 Å². The third kappa shape index (κ3) is 7.21. The lowest BCUT2D eigenvalue weighted by Gasteiger charge is -2.35. The highest BCUT2D eigenvalue weighted by atomic mass is 32.2. The maximum atomic E-state index is 14.2. The van der Waals surface area contributed by atoms with E-state index in [1.807, 2.05) is 19.2 Å². The number of aliphatic imine (C=N–C) groups is 1. The van der Waals surface area contributed by atoms with Crippen LogP contribution in [0.5, 0.6) is 0 Å². The number of carbonyl (C=O) groups excluding carboxylic acids is 3. The zero-order valence-electron chi connectivity index (χ0n) is 33.0. The van der Waals surface area contributed by atoms with Gasteiger partial charge in [0.15, 0.2) is 0 Å². The number of nitrogens with one attached hydrogen (secondary N) is 2. The Morgan fingerprint density at radius 1 is 1.15 bits per heavy atom. The van der Waals surface area contributed by atoms with Crippen LogP contribution >= 0.6 is 11.8 Å². The fourth-order valence-corrected chi connectivity index (χ4v) is 10.1. The molecule has 6 bridgehead atoms. The van der Waals surface area contributed by atoms with Crippen molar-refractivity contribution in [2.45, 2.75) is 103 Å². The molecule has 5 aliphatic rings. The van der Waals surface area contributed by atoms with Crippen molar-refractivity contribution in [3.63, 3.8) is 0 Å². The van der Waals surface area contributed by atoms with Crippen LogP contribution in [0.2, 0.25) is 0 Å². The summed E-state index contributed by atoms with van der Waals surface area (Å²) in [5.41, 5.74) is 9.03. The van der Waals surface area contributed by atoms with Gasteiger partial charge < -0.3 is 24.1 Å². The van der Waals surface area contributed by atoms with Crippen molar-refractivity contribution in [1.82, 2.24) is 25.3 Å². The second-order valence-corrected chi connectivity index (χ2v) is 18.5. The molecule has 2 saturated heterocycles. The van der Waals surface area contributed by atoms with E-state index in [1.54, 1.807) is 18.9 Å². The van der Waals surface area contributed by atoms with Crippen LogP contribution in [0.15, 0.2) is 41.5 Å². The highest BCUT2D eigenvalue weighted by Crippen LogP contribution is 2.47. The number of hydrazine groups is 1. The number of carbonyl (C=O) groups is 3. The van der Waals surface area contributed by atoms with Gasteiger partial charge in [-0.1, -0.05) is 40.7 Å². The molecule has 1 saturated carbocycles. The number of cyclic esters (lactones) is 1. The molecule has 8 rings (SSSR count). The van der Waals surface area contributed by atoms with Gasteiger partial charge in [-0.15, -0.1) is 11.8 Å². The number of fused-ring (bicyclic) bond motifs is 5. The predicted molar refractivity (Wildman–Crippen MR) is 212 cm³/mol. The van der Waals surface area contributed by atoms with Gasteiger partial charge in [-0.25, -0.2) is 5.43 Å². The van der Waals surface area contributed by atoms with Crippen molar-refractivity contribution in [2.75, 3.05) is 33.5 Å². The van der Waals surface area contributed by atoms with Gasteiger partial charge in [-0.05, 0) is 73.4 Å². The molecule has 3 fully saturated rings. The Morgan fingerprint density at radius 2 is 1.93 bits per heavy atom. The Morgan fingerprint density at radius 3 is 2.64 bits per heavy atom. The Kier molecular flexibility index (Phi) is 10.4. The van der Waals surface area contributed by atoms with Crippen LogP contribution in [0.25, 0.3) is 22.2 Å². The van der Waals surface area contributed by atoms with Crippen LogP contribution in [0.3, 0.4) is 0 Å². The average molecular weight is 771 g/mol. The van der Waals surface area contributed by atoms with E-state index in [4.69, 9.17) is 24.2 Å². The van der Waals surface area contributed by atoms with E-state index < -0.39 is 17.5 Å². The normalized spacial score (nSPS) is 30.3. The molecular weight excluding hydrogens is 717 g/mol. The van der Waals surface area contributed by atoms with E-state index in [0.717, 1.165) is 44.0 Å². The summed E-state index contributed by atoms with van der Waals surface area (Å²) < 4.78 is 20.2. The van der Waals surface area contributed by atoms with Crippen LogP contribution in [-0.2, 0) is 35.0 Å². The summed E-state index contributed by atoms with van der Waals surface area (Å²) >= 11 is 1.67. The Hall–Kier alpha value is -3.78. The molecule has 13 heteroatoms. The number of esters is 1. The second kappa shape index (κ2) is 14.9. The zero-order chi connectivity index (χ0) is 38.8. The molecule has 55 heavy (non-hydrogen) atoms. The summed E-state index contributed by atoms with van der Waals surface area (Å²) in [4.78, 5) is 51.6. The highest BCUT2D eigenvalue weighted by Gasteiger charge is 2.49. The number of nitrogens with zero attached hydrogens (tertiary/aromatic N) is 4. The van der Waals surface area contributed by atoms with Crippen molar-refractivity contribution in [3.8, 4) is 11.3 Å². The summed E-state index contributed by atoms with van der Waals surface area (Å²) in [6.07, 6.45) is 3.66. The molecule has 8 atom stereocenters. The van der Waals surface area contributed by atoms with Crippen molar-refractivity contribution in [1.29, 1.82) is 0 Å². The summed E-state index contributed by atoms with van der Waals surface area (Å²) in [5.74, 6) is -0.320. The van der Waals surface area contributed by atoms with E-state index >= 15 is 0 Å². The summed E-state index contributed by atoms with van der Waals surface area (Å²) in [7, 11) is 1.71. The number of hydrogen-bond acceptors (Lipinski definition) is 10. The lowest BCUT2D eigenvalue weighted by Crippen LogP contribution is -2.60. The average Bonchev–Trinajstić information content (AvgIpc) is 3.42. The molecule has 4 aliphatic heterocycles. The Bertz CT molecular complexity index is 2020. The largest absolute Gasteiger partial charge is 0.464 e. The molecule has 6 heterocycles. The Labute approximate surface area is 327 Å². The third-order valence-corrected chi connectivity index (χ3v) is 13.6. The fraction of sp³-hybridized carbons (Fsp3) is 0.595. The predicted octanol–water partition coefficient (Wildman–Crippen LogP) is 5.95. The lowest BCUT2D eigenvalue weighted by atomic mass is 9.84. The molecule has 2 aromatic heterocycles. The second-order valence-electron chi connectivity index (χ2n) is 17.0. The van der Waals surface area contributed by atoms with Crippen LogP contribution in [0.4, 0.5) is 0 Å². The van der Waals surface area contributed by atoms with Gasteiger partial charge in [0.2, 0.25) is 5.91 Å². The number of methoxy groups -OCH3 is 1. The van der Waals surface area contributed by atoms with Crippen molar-refractivity contribution >= 4 is 45.5 Å². The van der Waals surface area contributed by atoms with E-state index in [9.17, 15) is 14.4 Å². The van der Waals surface area contributed by atoms with E-state index in [0.29, 0.717) is 39.0 Å². The van der Waals surface area contributed by atoms with Crippen LogP contribution in [0.1, 0.15) is 95.8 Å². The highest BCUT2D eigenvalue weighted by molar-refractivity contribution is 8.14. The SMILES string of the molecule is CO[C@@H](C)c1ncccc1-c1c2c3cc(ccc3n1C1COC1)C1N=C(C[C@H](NC(=O)[C@H]3[C@H](C)[C@@H]3C)C(=O)N3CCC[C@H](N3)C(=O)OCC(C)(C)C2)SC1C. The van der Waals surface area contributed by atoms with E-state index in [2.05, 4.69) is 74.2 Å². The first-order chi connectivity index (χ1) is 26.3. The van der Waals surface area contributed by atoms with Crippen molar-refractivity contribution in [2.24, 2.45) is 28.2 Å². The van der Waals surface area contributed by atoms with Crippen LogP contribution in [-0.4, -0.2) is 88.2 Å². The minimum Gasteiger partial charge on any atom is -0.464 e. The van der Waals surface area contributed by atoms with Gasteiger partial charge in [0.1, 0.15) is 12.1 Å². The minimum atomic E-state index is -0.816. The molecule has 2 amide bonds. The topological polar surface area (TPSA) is 136 Å². The van der Waals surface area contributed by atoms with Crippen LogP contribution < -0.4 is 10.7 Å². The molecule has 0 spiro atoms. The third-order valence-electron chi connectivity index (χ3n) is 12.5. The molecule has 0 radical (unpaired) electrons. The maximum absolute atomic E-state index is 14.2. The van der Waals surface area contributed by atoms with Crippen LogP contribution in [0, 0.1) is 23.2 Å². The number of aromatic nitrogens is 2. The quantitative estimate of drug-likeness (QED) is 0.292. The fourth-order valence-electron chi connectivity index (χ4n) is 8.86. The molecule has 12 nitrogen and oxygen atoms in total. The number of hydrogen-bond donors (Lipinski definition) is 2. The monoisotopic (exact) mass is 770 g/mol. The lowest BCUT2D eigenvalue weighted by molar-refractivity contribution is -0.155. The molecule has 1 aromatic carbocycles. The molecule has 2 unspecified atom stereocenters. The van der Waals surface area contributed by atoms with Gasteiger partial charge in [-0.3, -0.25) is 29.4 Å². The van der Waals surface area contributed by atoms with Gasteiger partial charge in [-0.2, -0.15) is 0 Å². The zero-order valence-corrected chi connectivity index (χ0v) is 33.8. The molecule has 1 aliphatic carbocycles. The summed E-state index contributed by atoms with van der Waals surface area (Å²) in [6, 6.07) is 9.31. The van der Waals surface area contributed by atoms with Crippen molar-refractivity contribution in [3.05, 3.63) is 53.3 Å². The Balaban J connectivity index is 1.26. The number of benzene rings is 1. The number of rotatable bonds is 6. The van der Waals surface area contributed by atoms with Crippen molar-refractivity contribution < 1.29 is 28.6 Å².